The number of ether oxygens (including phenoxy) is 2. The first kappa shape index (κ1) is 19.3. The monoisotopic (exact) mass is 388 g/mol. The Labute approximate surface area is 160 Å². The smallest absolute Gasteiger partial charge is 0.387 e. The van der Waals surface area contributed by atoms with E-state index >= 15 is 0 Å². The van der Waals surface area contributed by atoms with E-state index in [0.717, 1.165) is 5.56 Å². The number of alkyl halides is 2. The number of aromatic nitrogens is 1. The summed E-state index contributed by atoms with van der Waals surface area (Å²) in [5.74, 6) is 0.329. The largest absolute Gasteiger partial charge is 0.488 e. The number of benzene rings is 2. The highest BCUT2D eigenvalue weighted by molar-refractivity contribution is 6.04. The number of anilines is 1. The van der Waals surface area contributed by atoms with Crippen LogP contribution in [0.1, 0.15) is 27.4 Å². The molecule has 2 aromatic carbocycles. The summed E-state index contributed by atoms with van der Waals surface area (Å²) in [4.78, 5) is 12.6. The SMILES string of the molecule is Cc1ccccc1OCc1c(C(=O)Nc2ccccc2OC(F)F)noc1C. The standard InChI is InChI=1S/C20H18F2N2O4/c1-12-7-3-5-9-16(12)26-11-14-13(2)28-24-18(14)19(25)23-15-8-4-6-10-17(15)27-20(21)22/h3-10,20H,11H2,1-2H3,(H,23,25). The third kappa shape index (κ3) is 4.46. The molecule has 1 N–H and O–H groups in total. The Morgan fingerprint density at radius 2 is 1.79 bits per heavy atom. The van der Waals surface area contributed by atoms with Crippen LogP contribution in [0, 0.1) is 13.8 Å². The number of aryl methyl sites for hydroxylation is 2. The number of halogens is 2. The van der Waals surface area contributed by atoms with E-state index in [9.17, 15) is 13.6 Å². The van der Waals surface area contributed by atoms with Gasteiger partial charge in [-0.1, -0.05) is 35.5 Å². The van der Waals surface area contributed by atoms with Crippen molar-refractivity contribution in [1.29, 1.82) is 0 Å². The molecule has 28 heavy (non-hydrogen) atoms. The van der Waals surface area contributed by atoms with Crippen molar-refractivity contribution in [2.45, 2.75) is 27.1 Å². The highest BCUT2D eigenvalue weighted by Crippen LogP contribution is 2.27. The van der Waals surface area contributed by atoms with E-state index in [2.05, 4.69) is 15.2 Å². The molecule has 3 rings (SSSR count). The predicted octanol–water partition coefficient (Wildman–Crippen LogP) is 4.72. The van der Waals surface area contributed by atoms with Gasteiger partial charge < -0.3 is 19.3 Å². The minimum Gasteiger partial charge on any atom is -0.488 e. The van der Waals surface area contributed by atoms with E-state index in [-0.39, 0.29) is 23.7 Å². The molecule has 0 radical (unpaired) electrons. The number of hydrogen-bond donors (Lipinski definition) is 1. The van der Waals surface area contributed by atoms with Crippen molar-refractivity contribution in [3.05, 3.63) is 71.1 Å². The summed E-state index contributed by atoms with van der Waals surface area (Å²) in [6.07, 6.45) is 0. The second-order valence-electron chi connectivity index (χ2n) is 5.95. The molecule has 0 atom stereocenters. The fourth-order valence-electron chi connectivity index (χ4n) is 2.56. The number of carbonyl (C=O) groups is 1. The van der Waals surface area contributed by atoms with Gasteiger partial charge in [-0.15, -0.1) is 0 Å². The molecule has 146 valence electrons. The summed E-state index contributed by atoms with van der Waals surface area (Å²) < 4.78 is 40.4. The van der Waals surface area contributed by atoms with Crippen molar-refractivity contribution in [2.24, 2.45) is 0 Å². The van der Waals surface area contributed by atoms with Crippen LogP contribution in [-0.2, 0) is 6.61 Å². The molecule has 6 nitrogen and oxygen atoms in total. The van der Waals surface area contributed by atoms with Crippen LogP contribution in [-0.4, -0.2) is 17.7 Å². The molecule has 3 aromatic rings. The first-order valence-corrected chi connectivity index (χ1v) is 8.44. The van der Waals surface area contributed by atoms with Gasteiger partial charge in [0.1, 0.15) is 23.9 Å². The molecule has 0 spiro atoms. The van der Waals surface area contributed by atoms with Crippen LogP contribution < -0.4 is 14.8 Å². The summed E-state index contributed by atoms with van der Waals surface area (Å²) in [6, 6.07) is 13.4. The molecule has 0 saturated heterocycles. The lowest BCUT2D eigenvalue weighted by atomic mass is 10.2. The molecular formula is C20H18F2N2O4. The summed E-state index contributed by atoms with van der Waals surface area (Å²) >= 11 is 0. The Morgan fingerprint density at radius 1 is 1.11 bits per heavy atom. The Hall–Kier alpha value is -3.42. The molecule has 1 amide bonds. The van der Waals surface area contributed by atoms with Gasteiger partial charge in [0.25, 0.3) is 5.91 Å². The molecule has 8 heteroatoms. The minimum atomic E-state index is -3.01. The second kappa shape index (κ2) is 8.51. The Kier molecular flexibility index (Phi) is 5.88. The third-order valence-electron chi connectivity index (χ3n) is 4.02. The maximum atomic E-state index is 12.6. The van der Waals surface area contributed by atoms with Gasteiger partial charge in [-0.05, 0) is 37.6 Å². The summed E-state index contributed by atoms with van der Waals surface area (Å²) in [5, 5.41) is 6.30. The van der Waals surface area contributed by atoms with E-state index in [4.69, 9.17) is 9.26 Å². The van der Waals surface area contributed by atoms with Gasteiger partial charge in [-0.2, -0.15) is 8.78 Å². The van der Waals surface area contributed by atoms with Crippen molar-refractivity contribution in [2.75, 3.05) is 5.32 Å². The molecular weight excluding hydrogens is 370 g/mol. The van der Waals surface area contributed by atoms with E-state index in [0.29, 0.717) is 17.1 Å². The highest BCUT2D eigenvalue weighted by Gasteiger charge is 2.22. The normalized spacial score (nSPS) is 10.8. The minimum absolute atomic E-state index is 0.0120. The topological polar surface area (TPSA) is 73.6 Å². The van der Waals surface area contributed by atoms with Crippen LogP contribution >= 0.6 is 0 Å². The molecule has 0 fully saturated rings. The quantitative estimate of drug-likeness (QED) is 0.634. The van der Waals surface area contributed by atoms with E-state index in [1.807, 2.05) is 31.2 Å². The number of rotatable bonds is 7. The Morgan fingerprint density at radius 3 is 2.50 bits per heavy atom. The molecule has 0 unspecified atom stereocenters. The molecule has 0 saturated carbocycles. The van der Waals surface area contributed by atoms with Crippen molar-refractivity contribution in [3.8, 4) is 11.5 Å². The van der Waals surface area contributed by atoms with Crippen LogP contribution in [0.15, 0.2) is 53.1 Å². The fourth-order valence-corrected chi connectivity index (χ4v) is 2.56. The van der Waals surface area contributed by atoms with E-state index in [1.165, 1.54) is 18.2 Å². The second-order valence-corrected chi connectivity index (χ2v) is 5.95. The summed E-state index contributed by atoms with van der Waals surface area (Å²) in [7, 11) is 0. The van der Waals surface area contributed by atoms with Crippen molar-refractivity contribution >= 4 is 11.6 Å². The molecule has 0 bridgehead atoms. The lowest BCUT2D eigenvalue weighted by Crippen LogP contribution is -2.16. The number of nitrogens with one attached hydrogen (secondary N) is 1. The fraction of sp³-hybridized carbons (Fsp3) is 0.200. The van der Waals surface area contributed by atoms with Crippen LogP contribution in [0.2, 0.25) is 0 Å². The van der Waals surface area contributed by atoms with Gasteiger partial charge in [-0.3, -0.25) is 4.79 Å². The van der Waals surface area contributed by atoms with Crippen molar-refractivity contribution in [1.82, 2.24) is 5.16 Å². The summed E-state index contributed by atoms with van der Waals surface area (Å²) in [6.45, 7) is 0.626. The molecule has 0 aliphatic carbocycles. The highest BCUT2D eigenvalue weighted by atomic mass is 19.3. The van der Waals surface area contributed by atoms with Gasteiger partial charge in [0, 0.05) is 0 Å². The zero-order chi connectivity index (χ0) is 20.1. The van der Waals surface area contributed by atoms with Crippen LogP contribution in [0.25, 0.3) is 0 Å². The zero-order valence-corrected chi connectivity index (χ0v) is 15.2. The molecule has 1 heterocycles. The molecule has 1 aromatic heterocycles. The van der Waals surface area contributed by atoms with Crippen LogP contribution in [0.5, 0.6) is 11.5 Å². The number of amides is 1. The van der Waals surface area contributed by atoms with Gasteiger partial charge in [-0.25, -0.2) is 0 Å². The third-order valence-corrected chi connectivity index (χ3v) is 4.02. The van der Waals surface area contributed by atoms with E-state index in [1.54, 1.807) is 13.0 Å². The van der Waals surface area contributed by atoms with Gasteiger partial charge in [0.15, 0.2) is 5.69 Å². The van der Waals surface area contributed by atoms with Gasteiger partial charge >= 0.3 is 6.61 Å². The number of hydrogen-bond acceptors (Lipinski definition) is 5. The van der Waals surface area contributed by atoms with E-state index < -0.39 is 12.5 Å². The number of nitrogens with zero attached hydrogens (tertiary/aromatic N) is 1. The average molecular weight is 388 g/mol. The average Bonchev–Trinajstić information content (AvgIpc) is 3.03. The number of carbonyl (C=O) groups excluding carboxylic acids is 1. The first-order chi connectivity index (χ1) is 13.5. The Bertz CT molecular complexity index is 972. The maximum absolute atomic E-state index is 12.6. The number of para-hydroxylation sites is 3. The summed E-state index contributed by atoms with van der Waals surface area (Å²) in [5.41, 5.74) is 1.52. The molecule has 0 aliphatic heterocycles. The molecule has 0 aliphatic rings. The maximum Gasteiger partial charge on any atom is 0.387 e. The lowest BCUT2D eigenvalue weighted by molar-refractivity contribution is -0.0493. The zero-order valence-electron chi connectivity index (χ0n) is 15.2. The Balaban J connectivity index is 1.78. The predicted molar refractivity (Wildman–Crippen MR) is 97.8 cm³/mol. The van der Waals surface area contributed by atoms with Crippen LogP contribution in [0.3, 0.4) is 0 Å². The first-order valence-electron chi connectivity index (χ1n) is 8.44. The lowest BCUT2D eigenvalue weighted by Gasteiger charge is -2.12. The van der Waals surface area contributed by atoms with Crippen molar-refractivity contribution < 1.29 is 27.6 Å². The van der Waals surface area contributed by atoms with Crippen LogP contribution in [0.4, 0.5) is 14.5 Å². The van der Waals surface area contributed by atoms with Crippen molar-refractivity contribution in [3.63, 3.8) is 0 Å². The van der Waals surface area contributed by atoms with Gasteiger partial charge in [0.05, 0.1) is 11.3 Å². The van der Waals surface area contributed by atoms with Gasteiger partial charge in [0.2, 0.25) is 0 Å².